The number of amides is 1. The van der Waals surface area contributed by atoms with E-state index in [0.717, 1.165) is 11.1 Å². The van der Waals surface area contributed by atoms with Crippen LogP contribution in [-0.4, -0.2) is 10.9 Å². The monoisotopic (exact) mass is 320 g/mol. The van der Waals surface area contributed by atoms with E-state index in [1.165, 1.54) is 6.07 Å². The Balaban J connectivity index is 1.87. The second-order valence-electron chi connectivity index (χ2n) is 5.49. The molecule has 0 saturated heterocycles. The van der Waals surface area contributed by atoms with Gasteiger partial charge in [-0.15, -0.1) is 0 Å². The highest BCUT2D eigenvalue weighted by Gasteiger charge is 2.22. The van der Waals surface area contributed by atoms with E-state index in [-0.39, 0.29) is 11.6 Å². The first kappa shape index (κ1) is 15.9. The van der Waals surface area contributed by atoms with E-state index < -0.39 is 11.7 Å². The summed E-state index contributed by atoms with van der Waals surface area (Å²) in [5, 5.41) is 2.70. The Morgan fingerprint density at radius 1 is 0.958 bits per heavy atom. The van der Waals surface area contributed by atoms with Gasteiger partial charge in [-0.25, -0.2) is 4.39 Å². The Morgan fingerprint density at radius 2 is 1.62 bits per heavy atom. The molecule has 1 amide bonds. The predicted octanol–water partition coefficient (Wildman–Crippen LogP) is 4.19. The number of aromatic nitrogens is 1. The first-order valence-corrected chi connectivity index (χ1v) is 7.73. The van der Waals surface area contributed by atoms with Crippen LogP contribution in [0.3, 0.4) is 0 Å². The molecule has 3 rings (SSSR count). The number of rotatable bonds is 5. The van der Waals surface area contributed by atoms with Gasteiger partial charge in [0.25, 0.3) is 0 Å². The molecule has 1 aromatic heterocycles. The van der Waals surface area contributed by atoms with Gasteiger partial charge < -0.3 is 5.32 Å². The summed E-state index contributed by atoms with van der Waals surface area (Å²) in [5.41, 5.74) is 2.09. The smallest absolute Gasteiger partial charge is 0.232 e. The van der Waals surface area contributed by atoms with Crippen LogP contribution in [0.4, 0.5) is 10.1 Å². The quantitative estimate of drug-likeness (QED) is 0.766. The molecule has 1 atom stereocenters. The summed E-state index contributed by atoms with van der Waals surface area (Å²) in [4.78, 5) is 16.8. The van der Waals surface area contributed by atoms with Gasteiger partial charge in [-0.05, 0) is 41.8 Å². The lowest BCUT2D eigenvalue weighted by atomic mass is 9.91. The van der Waals surface area contributed by atoms with Gasteiger partial charge >= 0.3 is 0 Å². The lowest BCUT2D eigenvalue weighted by Crippen LogP contribution is -2.23. The van der Waals surface area contributed by atoms with E-state index in [4.69, 9.17) is 0 Å². The summed E-state index contributed by atoms with van der Waals surface area (Å²) in [6, 6.07) is 19.4. The zero-order valence-electron chi connectivity index (χ0n) is 13.0. The molecule has 3 nitrogen and oxygen atoms in total. The van der Waals surface area contributed by atoms with Crippen molar-refractivity contribution in [2.45, 2.75) is 12.3 Å². The molecule has 1 unspecified atom stereocenters. The van der Waals surface area contributed by atoms with Crippen LogP contribution < -0.4 is 5.32 Å². The van der Waals surface area contributed by atoms with E-state index >= 15 is 0 Å². The Kier molecular flexibility index (Phi) is 4.96. The minimum absolute atomic E-state index is 0.193. The molecule has 2 aromatic carbocycles. The van der Waals surface area contributed by atoms with Crippen LogP contribution in [0.25, 0.3) is 0 Å². The highest BCUT2D eigenvalue weighted by atomic mass is 19.1. The Morgan fingerprint density at radius 3 is 2.33 bits per heavy atom. The molecular weight excluding hydrogens is 303 g/mol. The number of nitrogens with one attached hydrogen (secondary N) is 1. The fourth-order valence-electron chi connectivity index (χ4n) is 2.58. The van der Waals surface area contributed by atoms with E-state index in [0.29, 0.717) is 6.42 Å². The first-order valence-electron chi connectivity index (χ1n) is 7.73. The topological polar surface area (TPSA) is 42.0 Å². The Hall–Kier alpha value is -3.01. The number of benzene rings is 2. The molecule has 0 radical (unpaired) electrons. The summed E-state index contributed by atoms with van der Waals surface area (Å²) in [5.74, 6) is -1.09. The van der Waals surface area contributed by atoms with Gasteiger partial charge in [0.1, 0.15) is 5.82 Å². The van der Waals surface area contributed by atoms with Crippen LogP contribution in [-0.2, 0) is 11.2 Å². The first-order chi connectivity index (χ1) is 11.7. The van der Waals surface area contributed by atoms with Gasteiger partial charge in [0.05, 0.1) is 11.6 Å². The third kappa shape index (κ3) is 3.84. The molecule has 0 aliphatic rings. The Bertz CT molecular complexity index is 806. The molecule has 3 aromatic rings. The maximum atomic E-state index is 13.8. The molecule has 0 spiro atoms. The summed E-state index contributed by atoms with van der Waals surface area (Å²) in [7, 11) is 0. The van der Waals surface area contributed by atoms with Crippen molar-refractivity contribution in [2.75, 3.05) is 5.32 Å². The van der Waals surface area contributed by atoms with Crippen molar-refractivity contribution < 1.29 is 9.18 Å². The number of halogens is 1. The fraction of sp³-hybridized carbons (Fsp3) is 0.100. The fourth-order valence-corrected chi connectivity index (χ4v) is 2.58. The number of pyridine rings is 1. The standard InChI is InChI=1S/C20H17FN2O/c21-18-8-4-5-9-19(18)23-20(24)17(16-6-2-1-3-7-16)14-15-10-12-22-13-11-15/h1-13,17H,14H2,(H,23,24). The summed E-state index contributed by atoms with van der Waals surface area (Å²) >= 11 is 0. The van der Waals surface area contributed by atoms with Crippen molar-refractivity contribution in [2.24, 2.45) is 0 Å². The molecule has 4 heteroatoms. The van der Waals surface area contributed by atoms with Gasteiger partial charge in [-0.3, -0.25) is 9.78 Å². The van der Waals surface area contributed by atoms with Gasteiger partial charge in [0.15, 0.2) is 0 Å². The third-order valence-electron chi connectivity index (χ3n) is 3.84. The Labute approximate surface area is 140 Å². The van der Waals surface area contributed by atoms with Crippen molar-refractivity contribution in [3.8, 4) is 0 Å². The lowest BCUT2D eigenvalue weighted by Gasteiger charge is -2.18. The van der Waals surface area contributed by atoms with Gasteiger partial charge in [0, 0.05) is 12.4 Å². The van der Waals surface area contributed by atoms with Gasteiger partial charge in [-0.2, -0.15) is 0 Å². The van der Waals surface area contributed by atoms with Crippen LogP contribution in [0.1, 0.15) is 17.0 Å². The highest BCUT2D eigenvalue weighted by molar-refractivity contribution is 5.96. The summed E-state index contributed by atoms with van der Waals surface area (Å²) in [6.45, 7) is 0. The van der Waals surface area contributed by atoms with E-state index in [9.17, 15) is 9.18 Å². The number of nitrogens with zero attached hydrogens (tertiary/aromatic N) is 1. The maximum Gasteiger partial charge on any atom is 0.232 e. The van der Waals surface area contributed by atoms with Crippen molar-refractivity contribution >= 4 is 11.6 Å². The van der Waals surface area contributed by atoms with Crippen LogP contribution in [0.2, 0.25) is 0 Å². The van der Waals surface area contributed by atoms with E-state index in [1.54, 1.807) is 30.6 Å². The van der Waals surface area contributed by atoms with Crippen molar-refractivity contribution in [3.63, 3.8) is 0 Å². The molecule has 0 aliphatic carbocycles. The minimum atomic E-state index is -0.443. The van der Waals surface area contributed by atoms with Crippen LogP contribution >= 0.6 is 0 Å². The molecule has 24 heavy (non-hydrogen) atoms. The van der Waals surface area contributed by atoms with Gasteiger partial charge in [0.2, 0.25) is 5.91 Å². The largest absolute Gasteiger partial charge is 0.323 e. The van der Waals surface area contributed by atoms with Crippen molar-refractivity contribution in [1.29, 1.82) is 0 Å². The van der Waals surface area contributed by atoms with Crippen molar-refractivity contribution in [3.05, 3.63) is 96.1 Å². The second-order valence-corrected chi connectivity index (χ2v) is 5.49. The summed E-state index contributed by atoms with van der Waals surface area (Å²) in [6.07, 6.45) is 3.92. The molecule has 1 heterocycles. The molecule has 1 N–H and O–H groups in total. The number of carbonyl (C=O) groups excluding carboxylic acids is 1. The molecule has 0 saturated carbocycles. The zero-order chi connectivity index (χ0) is 16.8. The molecule has 0 aliphatic heterocycles. The summed E-state index contributed by atoms with van der Waals surface area (Å²) < 4.78 is 13.8. The average Bonchev–Trinajstić information content (AvgIpc) is 2.63. The van der Waals surface area contributed by atoms with E-state index in [1.807, 2.05) is 42.5 Å². The molecular formula is C20H17FN2O. The normalized spacial score (nSPS) is 11.7. The molecule has 0 bridgehead atoms. The third-order valence-corrected chi connectivity index (χ3v) is 3.84. The average molecular weight is 320 g/mol. The SMILES string of the molecule is O=C(Nc1ccccc1F)C(Cc1ccncc1)c1ccccc1. The number of hydrogen-bond acceptors (Lipinski definition) is 2. The lowest BCUT2D eigenvalue weighted by molar-refractivity contribution is -0.117. The number of anilines is 1. The van der Waals surface area contributed by atoms with Crippen LogP contribution in [0.5, 0.6) is 0 Å². The van der Waals surface area contributed by atoms with Crippen LogP contribution in [0.15, 0.2) is 79.1 Å². The van der Waals surface area contributed by atoms with Gasteiger partial charge in [-0.1, -0.05) is 42.5 Å². The minimum Gasteiger partial charge on any atom is -0.323 e. The second kappa shape index (κ2) is 7.51. The number of hydrogen-bond donors (Lipinski definition) is 1. The van der Waals surface area contributed by atoms with E-state index in [2.05, 4.69) is 10.3 Å². The highest BCUT2D eigenvalue weighted by Crippen LogP contribution is 2.23. The predicted molar refractivity (Wildman–Crippen MR) is 92.2 cm³/mol. The molecule has 0 fully saturated rings. The number of carbonyl (C=O) groups is 1. The van der Waals surface area contributed by atoms with Crippen LogP contribution in [0, 0.1) is 5.82 Å². The number of para-hydroxylation sites is 1. The van der Waals surface area contributed by atoms with Crippen molar-refractivity contribution in [1.82, 2.24) is 4.98 Å². The zero-order valence-corrected chi connectivity index (χ0v) is 13.0. The molecule has 120 valence electrons. The maximum absolute atomic E-state index is 13.8.